The number of nitrogens with zero attached hydrogens (tertiary/aromatic N) is 2. The van der Waals surface area contributed by atoms with Crippen LogP contribution in [0.4, 0.5) is 10.5 Å². The summed E-state index contributed by atoms with van der Waals surface area (Å²) in [5.74, 6) is -0.402. The Balaban J connectivity index is 1.52. The van der Waals surface area contributed by atoms with Gasteiger partial charge >= 0.3 is 12.0 Å². The topological polar surface area (TPSA) is 73.9 Å². The smallest absolute Gasteiger partial charge is 0.338 e. The third-order valence-corrected chi connectivity index (χ3v) is 6.58. The van der Waals surface area contributed by atoms with Gasteiger partial charge in [0.1, 0.15) is 0 Å². The van der Waals surface area contributed by atoms with Gasteiger partial charge in [0.15, 0.2) is 0 Å². The van der Waals surface area contributed by atoms with Gasteiger partial charge in [0.05, 0.1) is 18.2 Å². The van der Waals surface area contributed by atoms with Crippen molar-refractivity contribution in [2.24, 2.45) is 0 Å². The maximum atomic E-state index is 12.8. The van der Waals surface area contributed by atoms with Crippen LogP contribution in [0.1, 0.15) is 17.8 Å². The Kier molecular flexibility index (Phi) is 6.80. The fourth-order valence-corrected chi connectivity index (χ4v) is 4.89. The summed E-state index contributed by atoms with van der Waals surface area (Å²) in [4.78, 5) is 30.6. The van der Waals surface area contributed by atoms with E-state index in [-0.39, 0.29) is 12.6 Å². The molecule has 2 aliphatic heterocycles. The molecule has 0 saturated carbocycles. The lowest BCUT2D eigenvalue weighted by Gasteiger charge is -2.38. The molecule has 0 aliphatic carbocycles. The predicted octanol–water partition coefficient (Wildman–Crippen LogP) is 3.39. The van der Waals surface area contributed by atoms with Gasteiger partial charge in [0, 0.05) is 54.0 Å². The molecule has 1 fully saturated rings. The van der Waals surface area contributed by atoms with Gasteiger partial charge in [-0.3, -0.25) is 4.90 Å². The fraction of sp³-hybridized carbons (Fsp3) is 0.364. The summed E-state index contributed by atoms with van der Waals surface area (Å²) in [6.45, 7) is 5.82. The monoisotopic (exact) mass is 460 g/mol. The highest BCUT2D eigenvalue weighted by Gasteiger charge is 2.35. The highest BCUT2D eigenvalue weighted by atomic mass is 35.5. The second kappa shape index (κ2) is 9.72. The lowest BCUT2D eigenvalue weighted by atomic mass is 10.0. The van der Waals surface area contributed by atoms with Crippen LogP contribution in [0.5, 0.6) is 0 Å². The zero-order chi connectivity index (χ0) is 21.8. The second-order valence-corrected chi connectivity index (χ2v) is 8.82. The first kappa shape index (κ1) is 21.7. The number of hydrogen-bond donors (Lipinski definition) is 2. The number of thiophene rings is 1. The first-order chi connectivity index (χ1) is 15.0. The van der Waals surface area contributed by atoms with Gasteiger partial charge in [-0.1, -0.05) is 23.7 Å². The Morgan fingerprint density at radius 2 is 2.03 bits per heavy atom. The van der Waals surface area contributed by atoms with Crippen LogP contribution in [0, 0.1) is 0 Å². The molecule has 2 amide bonds. The number of ether oxygens (including phenoxy) is 1. The number of amides is 2. The van der Waals surface area contributed by atoms with Crippen LogP contribution < -0.4 is 15.5 Å². The van der Waals surface area contributed by atoms with Crippen molar-refractivity contribution >= 4 is 40.6 Å². The summed E-state index contributed by atoms with van der Waals surface area (Å²) < 4.78 is 5.33. The molecule has 31 heavy (non-hydrogen) atoms. The summed E-state index contributed by atoms with van der Waals surface area (Å²) in [5.41, 5.74) is 2.18. The molecule has 7 nitrogen and oxygen atoms in total. The molecule has 1 aromatic carbocycles. The third kappa shape index (κ3) is 5.03. The lowest BCUT2D eigenvalue weighted by molar-refractivity contribution is -0.139. The van der Waals surface area contributed by atoms with Crippen LogP contribution >= 0.6 is 22.9 Å². The fourth-order valence-electron chi connectivity index (χ4n) is 3.92. The molecule has 0 spiro atoms. The number of carbonyl (C=O) groups is 2. The molecule has 9 heteroatoms. The first-order valence-corrected chi connectivity index (χ1v) is 11.5. The minimum absolute atomic E-state index is 0.277. The third-order valence-electron chi connectivity index (χ3n) is 5.40. The van der Waals surface area contributed by atoms with Gasteiger partial charge < -0.3 is 20.3 Å². The zero-order valence-electron chi connectivity index (χ0n) is 17.3. The number of hydrogen-bond acceptors (Lipinski definition) is 6. The van der Waals surface area contributed by atoms with E-state index in [1.54, 1.807) is 6.92 Å². The number of nitrogens with one attached hydrogen (secondary N) is 2. The highest BCUT2D eigenvalue weighted by Crippen LogP contribution is 2.31. The number of halogens is 1. The van der Waals surface area contributed by atoms with Crippen molar-refractivity contribution in [3.63, 3.8) is 0 Å². The Morgan fingerprint density at radius 1 is 1.23 bits per heavy atom. The van der Waals surface area contributed by atoms with Crippen LogP contribution in [0.2, 0.25) is 5.02 Å². The van der Waals surface area contributed by atoms with Crippen molar-refractivity contribution in [2.45, 2.75) is 13.0 Å². The van der Waals surface area contributed by atoms with E-state index in [1.807, 2.05) is 35.7 Å². The van der Waals surface area contributed by atoms with E-state index < -0.39 is 12.0 Å². The van der Waals surface area contributed by atoms with Crippen molar-refractivity contribution in [1.29, 1.82) is 0 Å². The number of urea groups is 1. The average molecular weight is 461 g/mol. The van der Waals surface area contributed by atoms with E-state index in [0.29, 0.717) is 17.8 Å². The Hall–Kier alpha value is -2.55. The Labute approximate surface area is 190 Å². The van der Waals surface area contributed by atoms with Crippen LogP contribution in [0.15, 0.2) is 53.0 Å². The van der Waals surface area contributed by atoms with E-state index >= 15 is 0 Å². The van der Waals surface area contributed by atoms with Crippen molar-refractivity contribution < 1.29 is 14.3 Å². The molecule has 0 bridgehead atoms. The highest BCUT2D eigenvalue weighted by molar-refractivity contribution is 7.10. The van der Waals surface area contributed by atoms with Gasteiger partial charge in [-0.05, 0) is 36.6 Å². The van der Waals surface area contributed by atoms with Crippen molar-refractivity contribution in [2.75, 3.05) is 44.2 Å². The van der Waals surface area contributed by atoms with E-state index in [2.05, 4.69) is 26.5 Å². The van der Waals surface area contributed by atoms with Crippen molar-refractivity contribution in [1.82, 2.24) is 15.5 Å². The maximum absolute atomic E-state index is 12.8. The minimum Gasteiger partial charge on any atom is -0.463 e. The molecule has 1 aromatic heterocycles. The number of piperazine rings is 1. The largest absolute Gasteiger partial charge is 0.463 e. The van der Waals surface area contributed by atoms with E-state index in [9.17, 15) is 9.59 Å². The van der Waals surface area contributed by atoms with Crippen LogP contribution in [-0.4, -0.2) is 56.2 Å². The lowest BCUT2D eigenvalue weighted by Crippen LogP contribution is -2.51. The summed E-state index contributed by atoms with van der Waals surface area (Å²) in [6.07, 6.45) is 0. The molecule has 4 rings (SSSR count). The first-order valence-electron chi connectivity index (χ1n) is 10.3. The van der Waals surface area contributed by atoms with Crippen LogP contribution in [-0.2, 0) is 9.53 Å². The SMILES string of the molecule is CCOC(=O)C1=C(CN2CCN(c3cccc(Cl)c3)CC2)NC(=O)NC1c1cccs1. The molecule has 1 saturated heterocycles. The molecule has 1 atom stereocenters. The van der Waals surface area contributed by atoms with Gasteiger partial charge in [-0.15, -0.1) is 11.3 Å². The Morgan fingerprint density at radius 3 is 2.71 bits per heavy atom. The zero-order valence-corrected chi connectivity index (χ0v) is 18.8. The molecular weight excluding hydrogens is 436 g/mol. The summed E-state index contributed by atoms with van der Waals surface area (Å²) in [6, 6.07) is 10.9. The molecule has 2 N–H and O–H groups in total. The summed E-state index contributed by atoms with van der Waals surface area (Å²) >= 11 is 7.63. The van der Waals surface area contributed by atoms with Crippen molar-refractivity contribution in [3.8, 4) is 0 Å². The molecule has 3 heterocycles. The van der Waals surface area contributed by atoms with Gasteiger partial charge in [-0.2, -0.15) is 0 Å². The van der Waals surface area contributed by atoms with Gasteiger partial charge in [0.2, 0.25) is 0 Å². The molecule has 2 aliphatic rings. The van der Waals surface area contributed by atoms with Gasteiger partial charge in [-0.25, -0.2) is 9.59 Å². The molecule has 2 aromatic rings. The van der Waals surface area contributed by atoms with Crippen LogP contribution in [0.3, 0.4) is 0 Å². The van der Waals surface area contributed by atoms with E-state index in [0.717, 1.165) is 41.8 Å². The summed E-state index contributed by atoms with van der Waals surface area (Å²) in [7, 11) is 0. The van der Waals surface area contributed by atoms with E-state index in [4.69, 9.17) is 16.3 Å². The molecule has 1 unspecified atom stereocenters. The molecule has 0 radical (unpaired) electrons. The maximum Gasteiger partial charge on any atom is 0.338 e. The molecular formula is C22H25ClN4O3S. The number of anilines is 1. The minimum atomic E-state index is -0.504. The Bertz CT molecular complexity index is 971. The van der Waals surface area contributed by atoms with Crippen molar-refractivity contribution in [3.05, 3.63) is 62.9 Å². The number of esters is 1. The second-order valence-electron chi connectivity index (χ2n) is 7.40. The van der Waals surface area contributed by atoms with Crippen LogP contribution in [0.25, 0.3) is 0 Å². The quantitative estimate of drug-likeness (QED) is 0.646. The number of carbonyl (C=O) groups excluding carboxylic acids is 2. The summed E-state index contributed by atoms with van der Waals surface area (Å²) in [5, 5.41) is 8.38. The molecule has 164 valence electrons. The normalized spacial score (nSPS) is 19.7. The standard InChI is InChI=1S/C22H25ClN4O3S/c1-2-30-21(28)19-17(24-22(29)25-20(19)18-7-4-12-31-18)14-26-8-10-27(11-9-26)16-6-3-5-15(23)13-16/h3-7,12-13,20H,2,8-11,14H2,1H3,(H2,24,25,29). The number of rotatable bonds is 6. The predicted molar refractivity (Wildman–Crippen MR) is 122 cm³/mol. The van der Waals surface area contributed by atoms with Gasteiger partial charge in [0.25, 0.3) is 0 Å². The van der Waals surface area contributed by atoms with E-state index in [1.165, 1.54) is 11.3 Å². The number of benzene rings is 1. The average Bonchev–Trinajstić information content (AvgIpc) is 3.29.